The molecule has 0 saturated carbocycles. The van der Waals surface area contributed by atoms with E-state index < -0.39 is 5.82 Å². The predicted molar refractivity (Wildman–Crippen MR) is 37.8 cm³/mol. The topological polar surface area (TPSA) is 35.0 Å². The van der Waals surface area contributed by atoms with Gasteiger partial charge in [-0.3, -0.25) is 0 Å². The lowest BCUT2D eigenvalue weighted by atomic mass is 10.5. The quantitative estimate of drug-likeness (QED) is 0.649. The van der Waals surface area contributed by atoms with Crippen molar-refractivity contribution in [3.8, 4) is 5.88 Å². The first-order chi connectivity index (χ1) is 5.20. The molecule has 4 heteroatoms. The van der Waals surface area contributed by atoms with Gasteiger partial charge in [0.15, 0.2) is 0 Å². The second kappa shape index (κ2) is 3.27. The van der Waals surface area contributed by atoms with Crippen LogP contribution in [-0.4, -0.2) is 16.1 Å². The first-order valence-corrected chi connectivity index (χ1v) is 3.32. The van der Waals surface area contributed by atoms with Crippen molar-refractivity contribution in [2.75, 3.05) is 0 Å². The number of halogens is 1. The fourth-order valence-electron chi connectivity index (χ4n) is 0.611. The molecule has 1 rings (SSSR count). The Bertz CT molecular complexity index is 240. The fourth-order valence-corrected chi connectivity index (χ4v) is 0.611. The molecule has 0 atom stereocenters. The maximum Gasteiger partial charge on any atom is 0.253 e. The zero-order valence-corrected chi connectivity index (χ0v) is 6.41. The van der Waals surface area contributed by atoms with Gasteiger partial charge >= 0.3 is 0 Å². The first kappa shape index (κ1) is 7.91. The second-order valence-corrected chi connectivity index (χ2v) is 2.34. The molecule has 1 heterocycles. The Labute approximate surface area is 64.2 Å². The summed E-state index contributed by atoms with van der Waals surface area (Å²) in [6, 6.07) is 0. The van der Waals surface area contributed by atoms with E-state index in [4.69, 9.17) is 4.74 Å². The molecule has 0 fully saturated rings. The van der Waals surface area contributed by atoms with E-state index in [0.717, 1.165) is 6.20 Å². The molecule has 1 aromatic rings. The van der Waals surface area contributed by atoms with Crippen molar-refractivity contribution in [2.45, 2.75) is 20.0 Å². The highest BCUT2D eigenvalue weighted by Gasteiger charge is 2.04. The monoisotopic (exact) mass is 156 g/mol. The highest BCUT2D eigenvalue weighted by atomic mass is 19.1. The van der Waals surface area contributed by atoms with Gasteiger partial charge in [-0.15, -0.1) is 0 Å². The van der Waals surface area contributed by atoms with E-state index in [-0.39, 0.29) is 12.0 Å². The van der Waals surface area contributed by atoms with Crippen molar-refractivity contribution in [1.82, 2.24) is 9.97 Å². The van der Waals surface area contributed by atoms with Crippen LogP contribution in [0.15, 0.2) is 12.5 Å². The summed E-state index contributed by atoms with van der Waals surface area (Å²) < 4.78 is 17.7. The minimum Gasteiger partial charge on any atom is -0.473 e. The minimum atomic E-state index is -0.527. The lowest BCUT2D eigenvalue weighted by molar-refractivity contribution is 0.220. The number of aromatic nitrogens is 2. The van der Waals surface area contributed by atoms with E-state index in [9.17, 15) is 4.39 Å². The minimum absolute atomic E-state index is 0.00926. The normalized spacial score (nSPS) is 10.2. The number of ether oxygens (including phenoxy) is 1. The third-order valence-electron chi connectivity index (χ3n) is 0.981. The zero-order valence-electron chi connectivity index (χ0n) is 6.41. The fraction of sp³-hybridized carbons (Fsp3) is 0.429. The molecular weight excluding hydrogens is 147 g/mol. The van der Waals surface area contributed by atoms with Gasteiger partial charge in [0.05, 0.1) is 12.3 Å². The van der Waals surface area contributed by atoms with Gasteiger partial charge in [-0.1, -0.05) is 0 Å². The Hall–Kier alpha value is -1.19. The molecule has 0 saturated heterocycles. The molecule has 0 bridgehead atoms. The van der Waals surface area contributed by atoms with Gasteiger partial charge in [0.25, 0.3) is 5.88 Å². The molecule has 11 heavy (non-hydrogen) atoms. The zero-order chi connectivity index (χ0) is 8.27. The van der Waals surface area contributed by atoms with E-state index in [1.807, 2.05) is 13.8 Å². The molecular formula is C7H9FN2O. The van der Waals surface area contributed by atoms with Crippen LogP contribution >= 0.6 is 0 Å². The molecule has 0 spiro atoms. The highest BCUT2D eigenvalue weighted by Crippen LogP contribution is 2.11. The van der Waals surface area contributed by atoms with Crippen molar-refractivity contribution in [3.05, 3.63) is 18.3 Å². The predicted octanol–water partition coefficient (Wildman–Crippen LogP) is 1.40. The van der Waals surface area contributed by atoms with Gasteiger partial charge in [0.2, 0.25) is 5.82 Å². The van der Waals surface area contributed by atoms with E-state index in [2.05, 4.69) is 9.97 Å². The third kappa shape index (κ3) is 2.14. The van der Waals surface area contributed by atoms with Gasteiger partial charge in [-0.25, -0.2) is 4.98 Å². The molecule has 0 N–H and O–H groups in total. The van der Waals surface area contributed by atoms with Crippen LogP contribution in [0.5, 0.6) is 5.88 Å². The molecule has 60 valence electrons. The first-order valence-electron chi connectivity index (χ1n) is 3.32. The Morgan fingerprint density at radius 3 is 2.82 bits per heavy atom. The van der Waals surface area contributed by atoms with Crippen LogP contribution < -0.4 is 4.74 Å². The Balaban J connectivity index is 2.78. The summed E-state index contributed by atoms with van der Waals surface area (Å²) in [5.41, 5.74) is 0. The van der Waals surface area contributed by atoms with Crippen molar-refractivity contribution < 1.29 is 9.13 Å². The Morgan fingerprint density at radius 2 is 2.27 bits per heavy atom. The summed E-state index contributed by atoms with van der Waals surface area (Å²) in [7, 11) is 0. The molecule has 0 aliphatic heterocycles. The van der Waals surface area contributed by atoms with Gasteiger partial charge in [-0.2, -0.15) is 9.37 Å². The second-order valence-electron chi connectivity index (χ2n) is 2.34. The van der Waals surface area contributed by atoms with Crippen molar-refractivity contribution in [2.24, 2.45) is 0 Å². The van der Waals surface area contributed by atoms with E-state index in [0.29, 0.717) is 0 Å². The summed E-state index contributed by atoms with van der Waals surface area (Å²) in [5.74, 6) is -0.517. The molecule has 0 unspecified atom stereocenters. The molecule has 0 amide bonds. The lowest BCUT2D eigenvalue weighted by Crippen LogP contribution is -2.08. The maximum atomic E-state index is 12.7. The van der Waals surface area contributed by atoms with Crippen molar-refractivity contribution >= 4 is 0 Å². The number of hydrogen-bond donors (Lipinski definition) is 0. The summed E-state index contributed by atoms with van der Waals surface area (Å²) >= 11 is 0. The lowest BCUT2D eigenvalue weighted by Gasteiger charge is -2.07. The van der Waals surface area contributed by atoms with Gasteiger partial charge < -0.3 is 4.74 Å². The van der Waals surface area contributed by atoms with Gasteiger partial charge in [0.1, 0.15) is 6.33 Å². The molecule has 0 aliphatic carbocycles. The standard InChI is InChI=1S/C7H9FN2O/c1-5(2)11-7-6(8)3-9-4-10-7/h3-5H,1-2H3. The van der Waals surface area contributed by atoms with E-state index in [1.165, 1.54) is 6.33 Å². The summed E-state index contributed by atoms with van der Waals surface area (Å²) in [5, 5.41) is 0. The number of rotatable bonds is 2. The number of nitrogens with zero attached hydrogens (tertiary/aromatic N) is 2. The third-order valence-corrected chi connectivity index (χ3v) is 0.981. The van der Waals surface area contributed by atoms with Gasteiger partial charge in [-0.05, 0) is 13.8 Å². The van der Waals surface area contributed by atoms with E-state index in [1.54, 1.807) is 0 Å². The largest absolute Gasteiger partial charge is 0.473 e. The van der Waals surface area contributed by atoms with Crippen molar-refractivity contribution in [3.63, 3.8) is 0 Å². The van der Waals surface area contributed by atoms with Crippen LogP contribution in [-0.2, 0) is 0 Å². The SMILES string of the molecule is CC(C)Oc1ncncc1F. The highest BCUT2D eigenvalue weighted by molar-refractivity contribution is 5.08. The van der Waals surface area contributed by atoms with Crippen LogP contribution in [0.2, 0.25) is 0 Å². The van der Waals surface area contributed by atoms with Crippen LogP contribution in [0.25, 0.3) is 0 Å². The average Bonchev–Trinajstić information content (AvgIpc) is 1.93. The smallest absolute Gasteiger partial charge is 0.253 e. The average molecular weight is 156 g/mol. The molecule has 0 aliphatic rings. The van der Waals surface area contributed by atoms with Gasteiger partial charge in [0, 0.05) is 0 Å². The molecule has 3 nitrogen and oxygen atoms in total. The van der Waals surface area contributed by atoms with E-state index >= 15 is 0 Å². The van der Waals surface area contributed by atoms with Crippen LogP contribution in [0, 0.1) is 5.82 Å². The summed E-state index contributed by atoms with van der Waals surface area (Å²) in [6.07, 6.45) is 2.25. The molecule has 1 aromatic heterocycles. The maximum absolute atomic E-state index is 12.7. The molecule has 0 radical (unpaired) electrons. The Kier molecular flexibility index (Phi) is 2.36. The van der Waals surface area contributed by atoms with Crippen LogP contribution in [0.4, 0.5) is 4.39 Å². The molecule has 0 aromatic carbocycles. The summed E-state index contributed by atoms with van der Waals surface area (Å²) in [6.45, 7) is 3.61. The summed E-state index contributed by atoms with van der Waals surface area (Å²) in [4.78, 5) is 7.10. The van der Waals surface area contributed by atoms with Crippen LogP contribution in [0.1, 0.15) is 13.8 Å². The number of hydrogen-bond acceptors (Lipinski definition) is 3. The van der Waals surface area contributed by atoms with Crippen LogP contribution in [0.3, 0.4) is 0 Å². The Morgan fingerprint density at radius 1 is 1.55 bits per heavy atom. The van der Waals surface area contributed by atoms with Crippen molar-refractivity contribution in [1.29, 1.82) is 0 Å².